The maximum absolute atomic E-state index is 12.5. The minimum absolute atomic E-state index is 0.0253. The first-order chi connectivity index (χ1) is 11.1. The van der Waals surface area contributed by atoms with E-state index in [0.29, 0.717) is 12.3 Å². The van der Waals surface area contributed by atoms with Crippen molar-refractivity contribution in [1.82, 2.24) is 10.2 Å². The zero-order valence-electron chi connectivity index (χ0n) is 14.0. The molecule has 1 heterocycles. The lowest BCUT2D eigenvalue weighted by Gasteiger charge is -2.27. The molecule has 0 bridgehead atoms. The van der Waals surface area contributed by atoms with E-state index in [9.17, 15) is 9.59 Å². The monoisotopic (exact) mass is 334 g/mol. The van der Waals surface area contributed by atoms with Crippen LogP contribution >= 0.6 is 11.8 Å². The summed E-state index contributed by atoms with van der Waals surface area (Å²) < 4.78 is 0. The Morgan fingerprint density at radius 3 is 2.61 bits per heavy atom. The lowest BCUT2D eigenvalue weighted by Crippen LogP contribution is -2.47. The molecule has 126 valence electrons. The first-order valence-corrected chi connectivity index (χ1v) is 9.43. The summed E-state index contributed by atoms with van der Waals surface area (Å²) in [4.78, 5) is 26.3. The number of nitrogens with one attached hydrogen (secondary N) is 1. The van der Waals surface area contributed by atoms with E-state index >= 15 is 0 Å². The summed E-state index contributed by atoms with van der Waals surface area (Å²) in [6.07, 6.45) is 4.52. The molecule has 0 spiro atoms. The zero-order chi connectivity index (χ0) is 16.7. The van der Waals surface area contributed by atoms with Crippen LogP contribution in [-0.4, -0.2) is 35.1 Å². The van der Waals surface area contributed by atoms with Crippen molar-refractivity contribution < 1.29 is 9.59 Å². The van der Waals surface area contributed by atoms with Gasteiger partial charge in [-0.1, -0.05) is 56.5 Å². The quantitative estimate of drug-likeness (QED) is 0.778. The molecule has 1 aliphatic rings. The van der Waals surface area contributed by atoms with Crippen LogP contribution in [0.2, 0.25) is 0 Å². The van der Waals surface area contributed by atoms with Gasteiger partial charge in [-0.05, 0) is 12.0 Å². The summed E-state index contributed by atoms with van der Waals surface area (Å²) in [6.45, 7) is 4.41. The summed E-state index contributed by atoms with van der Waals surface area (Å²) in [6, 6.07) is 9.55. The molecular weight excluding hydrogens is 308 g/mol. The molecule has 23 heavy (non-hydrogen) atoms. The SMILES string of the molecule is CCCCCCNC(=O)[C@@H]1CS[C@@H](c2ccccc2)N1C(C)=O. The van der Waals surface area contributed by atoms with Gasteiger partial charge in [0.1, 0.15) is 11.4 Å². The molecule has 0 radical (unpaired) electrons. The van der Waals surface area contributed by atoms with Gasteiger partial charge in [0.05, 0.1) is 0 Å². The Hall–Kier alpha value is -1.49. The molecule has 1 N–H and O–H groups in total. The summed E-state index contributed by atoms with van der Waals surface area (Å²) in [5.74, 6) is 0.581. The highest BCUT2D eigenvalue weighted by atomic mass is 32.2. The Morgan fingerprint density at radius 2 is 1.96 bits per heavy atom. The van der Waals surface area contributed by atoms with E-state index in [0.717, 1.165) is 18.4 Å². The van der Waals surface area contributed by atoms with Gasteiger partial charge in [0.2, 0.25) is 11.8 Å². The molecule has 1 aromatic rings. The number of nitrogens with zero attached hydrogens (tertiary/aromatic N) is 1. The normalized spacial score (nSPS) is 20.5. The van der Waals surface area contributed by atoms with Gasteiger partial charge < -0.3 is 10.2 Å². The molecule has 0 aromatic heterocycles. The molecular formula is C18H26N2O2S. The van der Waals surface area contributed by atoms with E-state index in [-0.39, 0.29) is 23.2 Å². The molecule has 2 rings (SSSR count). The highest BCUT2D eigenvalue weighted by Crippen LogP contribution is 2.41. The van der Waals surface area contributed by atoms with Crippen molar-refractivity contribution in [2.45, 2.75) is 50.9 Å². The number of carbonyl (C=O) groups is 2. The van der Waals surface area contributed by atoms with Crippen LogP contribution in [0.1, 0.15) is 50.5 Å². The Kier molecular flexibility index (Phi) is 6.96. The highest BCUT2D eigenvalue weighted by molar-refractivity contribution is 7.99. The van der Waals surface area contributed by atoms with Crippen molar-refractivity contribution in [2.24, 2.45) is 0 Å². The largest absolute Gasteiger partial charge is 0.354 e. The number of carbonyl (C=O) groups excluding carboxylic acids is 2. The predicted molar refractivity (Wildman–Crippen MR) is 95.1 cm³/mol. The first kappa shape index (κ1) is 17.9. The number of unbranched alkanes of at least 4 members (excludes halogenated alkanes) is 3. The van der Waals surface area contributed by atoms with Gasteiger partial charge >= 0.3 is 0 Å². The Bertz CT molecular complexity index is 521. The first-order valence-electron chi connectivity index (χ1n) is 8.38. The molecule has 1 fully saturated rings. The van der Waals surface area contributed by atoms with Crippen molar-refractivity contribution in [2.75, 3.05) is 12.3 Å². The van der Waals surface area contributed by atoms with Gasteiger partial charge in [-0.25, -0.2) is 0 Å². The molecule has 2 amide bonds. The van der Waals surface area contributed by atoms with Crippen LogP contribution in [0.15, 0.2) is 30.3 Å². The fraction of sp³-hybridized carbons (Fsp3) is 0.556. The van der Waals surface area contributed by atoms with Crippen LogP contribution in [0.25, 0.3) is 0 Å². The zero-order valence-corrected chi connectivity index (χ0v) is 14.8. The van der Waals surface area contributed by atoms with E-state index in [1.807, 2.05) is 30.3 Å². The van der Waals surface area contributed by atoms with Gasteiger partial charge in [-0.2, -0.15) is 0 Å². The molecule has 0 unspecified atom stereocenters. The van der Waals surface area contributed by atoms with Crippen molar-refractivity contribution in [1.29, 1.82) is 0 Å². The average molecular weight is 334 g/mol. The standard InChI is InChI=1S/C18H26N2O2S/c1-3-4-5-9-12-19-17(22)16-13-23-18(20(16)14(2)21)15-10-7-6-8-11-15/h6-8,10-11,16,18H,3-5,9,12-13H2,1-2H3,(H,19,22)/t16-,18-/m0/s1. The lowest BCUT2D eigenvalue weighted by atomic mass is 10.1. The van der Waals surface area contributed by atoms with Crippen molar-refractivity contribution >= 4 is 23.6 Å². The maximum Gasteiger partial charge on any atom is 0.243 e. The van der Waals surface area contributed by atoms with E-state index in [2.05, 4.69) is 12.2 Å². The predicted octanol–water partition coefficient (Wildman–Crippen LogP) is 3.35. The Balaban J connectivity index is 1.96. The molecule has 0 saturated carbocycles. The third-order valence-corrected chi connectivity index (χ3v) is 5.40. The van der Waals surface area contributed by atoms with Gasteiger partial charge in [-0.3, -0.25) is 9.59 Å². The third-order valence-electron chi connectivity index (χ3n) is 4.08. The number of benzene rings is 1. The molecule has 5 heteroatoms. The van der Waals surface area contributed by atoms with E-state index < -0.39 is 0 Å². The average Bonchev–Trinajstić information content (AvgIpc) is 3.00. The second-order valence-corrected chi connectivity index (χ2v) is 7.00. The highest BCUT2D eigenvalue weighted by Gasteiger charge is 2.40. The minimum atomic E-state index is -0.367. The van der Waals surface area contributed by atoms with E-state index in [1.54, 1.807) is 23.6 Å². The van der Waals surface area contributed by atoms with Gasteiger partial charge in [-0.15, -0.1) is 11.8 Å². The maximum atomic E-state index is 12.5. The second kappa shape index (κ2) is 8.96. The molecule has 4 nitrogen and oxygen atoms in total. The number of rotatable bonds is 7. The summed E-state index contributed by atoms with van der Waals surface area (Å²) in [7, 11) is 0. The lowest BCUT2D eigenvalue weighted by molar-refractivity contribution is -0.138. The fourth-order valence-electron chi connectivity index (χ4n) is 2.85. The number of thioether (sulfide) groups is 1. The fourth-order valence-corrected chi connectivity index (χ4v) is 4.33. The third kappa shape index (κ3) is 4.74. The molecule has 1 aromatic carbocycles. The van der Waals surface area contributed by atoms with Crippen molar-refractivity contribution in [3.05, 3.63) is 35.9 Å². The molecule has 0 aliphatic carbocycles. The van der Waals surface area contributed by atoms with Crippen LogP contribution < -0.4 is 5.32 Å². The van der Waals surface area contributed by atoms with Crippen LogP contribution in [0.3, 0.4) is 0 Å². The minimum Gasteiger partial charge on any atom is -0.354 e. The van der Waals surface area contributed by atoms with Crippen LogP contribution in [-0.2, 0) is 9.59 Å². The van der Waals surface area contributed by atoms with Crippen molar-refractivity contribution in [3.8, 4) is 0 Å². The van der Waals surface area contributed by atoms with Crippen LogP contribution in [0.5, 0.6) is 0 Å². The summed E-state index contributed by atoms with van der Waals surface area (Å²) in [5.41, 5.74) is 1.07. The summed E-state index contributed by atoms with van der Waals surface area (Å²) >= 11 is 1.66. The smallest absolute Gasteiger partial charge is 0.243 e. The molecule has 2 atom stereocenters. The second-order valence-electron chi connectivity index (χ2n) is 5.89. The van der Waals surface area contributed by atoms with Crippen LogP contribution in [0, 0.1) is 0 Å². The van der Waals surface area contributed by atoms with Gasteiger partial charge in [0, 0.05) is 19.2 Å². The Labute approximate surface area is 143 Å². The topological polar surface area (TPSA) is 49.4 Å². The van der Waals surface area contributed by atoms with Crippen molar-refractivity contribution in [3.63, 3.8) is 0 Å². The van der Waals surface area contributed by atoms with Gasteiger partial charge in [0.25, 0.3) is 0 Å². The molecule has 1 saturated heterocycles. The number of hydrogen-bond acceptors (Lipinski definition) is 3. The summed E-state index contributed by atoms with van der Waals surface area (Å²) in [5, 5.41) is 2.93. The number of hydrogen-bond donors (Lipinski definition) is 1. The van der Waals surface area contributed by atoms with Crippen LogP contribution in [0.4, 0.5) is 0 Å². The van der Waals surface area contributed by atoms with E-state index in [4.69, 9.17) is 0 Å². The number of amides is 2. The Morgan fingerprint density at radius 1 is 1.22 bits per heavy atom. The van der Waals surface area contributed by atoms with E-state index in [1.165, 1.54) is 12.8 Å². The van der Waals surface area contributed by atoms with Gasteiger partial charge in [0.15, 0.2) is 0 Å². The molecule has 1 aliphatic heterocycles.